The second-order valence-corrected chi connectivity index (χ2v) is 5.80. The number of rotatable bonds is 5. The molecule has 6 heteroatoms. The molecule has 24 heavy (non-hydrogen) atoms. The van der Waals surface area contributed by atoms with Gasteiger partial charge < -0.3 is 5.32 Å². The van der Waals surface area contributed by atoms with Crippen LogP contribution in [0.15, 0.2) is 36.7 Å². The largest absolute Gasteiger partial charge is 0.348 e. The van der Waals surface area contributed by atoms with Crippen molar-refractivity contribution in [1.82, 2.24) is 25.3 Å². The molecule has 0 unspecified atom stereocenters. The molecule has 6 nitrogen and oxygen atoms in total. The number of carbonyl (C=O) groups excluding carboxylic acids is 1. The Hall–Kier alpha value is -2.76. The van der Waals surface area contributed by atoms with Crippen molar-refractivity contribution in [2.75, 3.05) is 0 Å². The molecule has 2 aromatic heterocycles. The molecule has 0 bridgehead atoms. The van der Waals surface area contributed by atoms with E-state index in [-0.39, 0.29) is 11.9 Å². The molecule has 0 atom stereocenters. The van der Waals surface area contributed by atoms with E-state index in [1.165, 1.54) is 0 Å². The van der Waals surface area contributed by atoms with E-state index in [2.05, 4.69) is 34.5 Å². The summed E-state index contributed by atoms with van der Waals surface area (Å²) in [6.45, 7) is 5.98. The molecule has 3 aromatic rings. The lowest BCUT2D eigenvalue weighted by molar-refractivity contribution is 0.0929. The minimum Gasteiger partial charge on any atom is -0.348 e. The Morgan fingerprint density at radius 2 is 2.04 bits per heavy atom. The van der Waals surface area contributed by atoms with Crippen LogP contribution in [0, 0.1) is 6.92 Å². The van der Waals surface area contributed by atoms with E-state index in [0.717, 1.165) is 35.0 Å². The third-order valence-corrected chi connectivity index (χ3v) is 4.32. The Bertz CT molecular complexity index is 861. The third-order valence-electron chi connectivity index (χ3n) is 4.32. The molecule has 0 fully saturated rings. The molecule has 3 rings (SSSR count). The van der Waals surface area contributed by atoms with E-state index in [1.54, 1.807) is 10.9 Å². The standard InChI is InChI=1S/C18H21N5O/c1-4-14(5-2)20-18(24)17-12(3)23(22-21-17)16-8-6-7-13-11-19-10-9-15(13)16/h6-11,14H,4-5H2,1-3H3,(H,20,24). The van der Waals surface area contributed by atoms with Crippen molar-refractivity contribution in [2.24, 2.45) is 0 Å². The zero-order valence-electron chi connectivity index (χ0n) is 14.2. The van der Waals surface area contributed by atoms with Crippen LogP contribution in [0.4, 0.5) is 0 Å². The highest BCUT2D eigenvalue weighted by atomic mass is 16.2. The molecule has 0 aliphatic heterocycles. The van der Waals surface area contributed by atoms with Gasteiger partial charge in [0.15, 0.2) is 5.69 Å². The molecule has 1 N–H and O–H groups in total. The molecule has 0 aliphatic rings. The normalized spacial score (nSPS) is 11.2. The monoisotopic (exact) mass is 323 g/mol. The second-order valence-electron chi connectivity index (χ2n) is 5.80. The van der Waals surface area contributed by atoms with E-state index in [1.807, 2.05) is 37.4 Å². The number of fused-ring (bicyclic) bond motifs is 1. The zero-order chi connectivity index (χ0) is 17.1. The van der Waals surface area contributed by atoms with Gasteiger partial charge in [-0.3, -0.25) is 9.78 Å². The molecule has 0 saturated heterocycles. The molecule has 0 spiro atoms. The van der Waals surface area contributed by atoms with Gasteiger partial charge in [0.1, 0.15) is 0 Å². The third kappa shape index (κ3) is 2.87. The van der Waals surface area contributed by atoms with Gasteiger partial charge in [0.05, 0.1) is 11.4 Å². The van der Waals surface area contributed by atoms with Gasteiger partial charge in [-0.15, -0.1) is 5.10 Å². The number of nitrogens with zero attached hydrogens (tertiary/aromatic N) is 4. The zero-order valence-corrected chi connectivity index (χ0v) is 14.2. The van der Waals surface area contributed by atoms with Gasteiger partial charge in [-0.2, -0.15) is 0 Å². The topological polar surface area (TPSA) is 72.7 Å². The van der Waals surface area contributed by atoms with Crippen LogP contribution < -0.4 is 5.32 Å². The fraction of sp³-hybridized carbons (Fsp3) is 0.333. The van der Waals surface area contributed by atoms with E-state index >= 15 is 0 Å². The fourth-order valence-corrected chi connectivity index (χ4v) is 2.80. The van der Waals surface area contributed by atoms with Crippen LogP contribution in [0.5, 0.6) is 0 Å². The number of benzene rings is 1. The molecule has 0 radical (unpaired) electrons. The van der Waals surface area contributed by atoms with Crippen molar-refractivity contribution in [1.29, 1.82) is 0 Å². The van der Waals surface area contributed by atoms with Gasteiger partial charge in [-0.1, -0.05) is 31.2 Å². The Labute approximate surface area is 140 Å². The predicted molar refractivity (Wildman–Crippen MR) is 93.2 cm³/mol. The van der Waals surface area contributed by atoms with E-state index < -0.39 is 0 Å². The lowest BCUT2D eigenvalue weighted by Crippen LogP contribution is -2.34. The SMILES string of the molecule is CCC(CC)NC(=O)c1nnn(-c2cccc3cnccc23)c1C. The summed E-state index contributed by atoms with van der Waals surface area (Å²) in [5, 5.41) is 13.4. The average molecular weight is 323 g/mol. The fourth-order valence-electron chi connectivity index (χ4n) is 2.80. The molecule has 1 aromatic carbocycles. The van der Waals surface area contributed by atoms with E-state index in [9.17, 15) is 4.79 Å². The number of carbonyl (C=O) groups is 1. The van der Waals surface area contributed by atoms with Crippen LogP contribution in [0.3, 0.4) is 0 Å². The molecule has 0 saturated carbocycles. The summed E-state index contributed by atoms with van der Waals surface area (Å²) in [6.07, 6.45) is 5.35. The van der Waals surface area contributed by atoms with Crippen molar-refractivity contribution >= 4 is 16.7 Å². The average Bonchev–Trinajstić information content (AvgIpc) is 3.00. The lowest BCUT2D eigenvalue weighted by atomic mass is 10.1. The first-order valence-electron chi connectivity index (χ1n) is 8.22. The first-order chi connectivity index (χ1) is 11.7. The van der Waals surface area contributed by atoms with Crippen molar-refractivity contribution in [3.63, 3.8) is 0 Å². The summed E-state index contributed by atoms with van der Waals surface area (Å²) in [5.41, 5.74) is 1.98. The Kier molecular flexibility index (Phi) is 4.55. The first kappa shape index (κ1) is 16.1. The number of pyridine rings is 1. The second kappa shape index (κ2) is 6.78. The maximum Gasteiger partial charge on any atom is 0.273 e. The smallest absolute Gasteiger partial charge is 0.273 e. The lowest BCUT2D eigenvalue weighted by Gasteiger charge is -2.13. The van der Waals surface area contributed by atoms with Gasteiger partial charge in [0.25, 0.3) is 5.91 Å². The van der Waals surface area contributed by atoms with E-state index in [4.69, 9.17) is 0 Å². The summed E-state index contributed by atoms with van der Waals surface area (Å²) in [5.74, 6) is -0.172. The number of hydrogen-bond donors (Lipinski definition) is 1. The molecule has 124 valence electrons. The maximum atomic E-state index is 12.5. The molecule has 1 amide bonds. The Balaban J connectivity index is 1.99. The summed E-state index contributed by atoms with van der Waals surface area (Å²) in [6, 6.07) is 8.01. The summed E-state index contributed by atoms with van der Waals surface area (Å²) < 4.78 is 1.71. The van der Waals surface area contributed by atoms with Crippen molar-refractivity contribution < 1.29 is 4.79 Å². The predicted octanol–water partition coefficient (Wildman–Crippen LogP) is 3.04. The van der Waals surface area contributed by atoms with Crippen LogP contribution in [0.1, 0.15) is 42.9 Å². The minimum atomic E-state index is -0.172. The van der Waals surface area contributed by atoms with Crippen LogP contribution in [0.25, 0.3) is 16.5 Å². The number of amides is 1. The first-order valence-corrected chi connectivity index (χ1v) is 8.22. The molecule has 2 heterocycles. The highest BCUT2D eigenvalue weighted by Crippen LogP contribution is 2.22. The summed E-state index contributed by atoms with van der Waals surface area (Å²) in [4.78, 5) is 16.6. The number of hydrogen-bond acceptors (Lipinski definition) is 4. The minimum absolute atomic E-state index is 0.158. The molecular formula is C18H21N5O. The van der Waals surface area contributed by atoms with Crippen LogP contribution in [-0.4, -0.2) is 31.9 Å². The highest BCUT2D eigenvalue weighted by Gasteiger charge is 2.20. The van der Waals surface area contributed by atoms with Crippen LogP contribution in [-0.2, 0) is 0 Å². The van der Waals surface area contributed by atoms with Gasteiger partial charge in [0.2, 0.25) is 0 Å². The molecular weight excluding hydrogens is 302 g/mol. The van der Waals surface area contributed by atoms with Crippen molar-refractivity contribution in [2.45, 2.75) is 39.7 Å². The quantitative estimate of drug-likeness (QED) is 0.783. The number of aromatic nitrogens is 4. The van der Waals surface area contributed by atoms with E-state index in [0.29, 0.717) is 5.69 Å². The van der Waals surface area contributed by atoms with Crippen molar-refractivity contribution in [3.05, 3.63) is 48.0 Å². The molecule has 0 aliphatic carbocycles. The highest BCUT2D eigenvalue weighted by molar-refractivity contribution is 5.94. The summed E-state index contributed by atoms with van der Waals surface area (Å²) in [7, 11) is 0. The van der Waals surface area contributed by atoms with Gasteiger partial charge in [0, 0.05) is 29.2 Å². The Morgan fingerprint density at radius 3 is 2.79 bits per heavy atom. The van der Waals surface area contributed by atoms with Gasteiger partial charge in [-0.05, 0) is 31.9 Å². The number of nitrogens with one attached hydrogen (secondary N) is 1. The van der Waals surface area contributed by atoms with Crippen molar-refractivity contribution in [3.8, 4) is 5.69 Å². The van der Waals surface area contributed by atoms with Crippen LogP contribution in [0.2, 0.25) is 0 Å². The summed E-state index contributed by atoms with van der Waals surface area (Å²) >= 11 is 0. The van der Waals surface area contributed by atoms with Crippen LogP contribution >= 0.6 is 0 Å². The van der Waals surface area contributed by atoms with Gasteiger partial charge >= 0.3 is 0 Å². The van der Waals surface area contributed by atoms with Gasteiger partial charge in [-0.25, -0.2) is 4.68 Å². The maximum absolute atomic E-state index is 12.5. The Morgan fingerprint density at radius 1 is 1.25 bits per heavy atom.